The van der Waals surface area contributed by atoms with Crippen LogP contribution in [0.25, 0.3) is 0 Å². The molecule has 5 heteroatoms. The van der Waals surface area contributed by atoms with E-state index in [0.29, 0.717) is 11.4 Å². The molecular weight excluding hydrogens is 326 g/mol. The predicted molar refractivity (Wildman–Crippen MR) is 105 cm³/mol. The van der Waals surface area contributed by atoms with Crippen molar-refractivity contribution in [2.24, 2.45) is 5.10 Å². The first-order valence-corrected chi connectivity index (χ1v) is 8.62. The lowest BCUT2D eigenvalue weighted by Crippen LogP contribution is -2.19. The van der Waals surface area contributed by atoms with E-state index in [0.717, 1.165) is 16.7 Å². The fraction of sp³-hybridized carbons (Fsp3) is 0.381. The third-order valence-electron chi connectivity index (χ3n) is 4.03. The number of carbonyl (C=O) groups excluding carboxylic acids is 1. The Morgan fingerprint density at radius 1 is 1.08 bits per heavy atom. The van der Waals surface area contributed by atoms with E-state index in [1.54, 1.807) is 30.6 Å². The highest BCUT2D eigenvalue weighted by molar-refractivity contribution is 5.93. The molecule has 0 aliphatic carbocycles. The average Bonchev–Trinajstić information content (AvgIpc) is 2.54. The van der Waals surface area contributed by atoms with E-state index in [1.165, 1.54) is 0 Å². The number of hydrogen-bond acceptors (Lipinski definition) is 4. The van der Waals surface area contributed by atoms with Crippen molar-refractivity contribution in [2.45, 2.75) is 52.4 Å². The van der Waals surface area contributed by atoms with E-state index in [9.17, 15) is 9.90 Å². The molecule has 0 atom stereocenters. The van der Waals surface area contributed by atoms with Crippen molar-refractivity contribution in [3.05, 3.63) is 58.9 Å². The number of phenolic OH excluding ortho intramolecular Hbond substituents is 1. The van der Waals surface area contributed by atoms with Gasteiger partial charge in [0, 0.05) is 17.3 Å². The second-order valence-corrected chi connectivity index (χ2v) is 8.38. The zero-order valence-corrected chi connectivity index (χ0v) is 16.3. The summed E-state index contributed by atoms with van der Waals surface area (Å²) >= 11 is 0. The van der Waals surface area contributed by atoms with Gasteiger partial charge < -0.3 is 5.11 Å². The third kappa shape index (κ3) is 4.69. The zero-order valence-electron chi connectivity index (χ0n) is 16.3. The molecule has 0 fully saturated rings. The lowest BCUT2D eigenvalue weighted by Gasteiger charge is -2.27. The lowest BCUT2D eigenvalue weighted by atomic mass is 9.78. The SMILES string of the molecule is CC(C)(C)c1cc(/C=N\NC(=O)c2ccccn2)cc(C(C)(C)C)c1O. The fourth-order valence-electron chi connectivity index (χ4n) is 2.59. The minimum atomic E-state index is -0.368. The van der Waals surface area contributed by atoms with Gasteiger partial charge in [-0.1, -0.05) is 47.6 Å². The summed E-state index contributed by atoms with van der Waals surface area (Å²) in [6.45, 7) is 12.3. The summed E-state index contributed by atoms with van der Waals surface area (Å²) in [4.78, 5) is 16.0. The van der Waals surface area contributed by atoms with Crippen LogP contribution in [0, 0.1) is 0 Å². The Labute approximate surface area is 155 Å². The van der Waals surface area contributed by atoms with E-state index in [1.807, 2.05) is 12.1 Å². The average molecular weight is 353 g/mol. The summed E-state index contributed by atoms with van der Waals surface area (Å²) in [6, 6.07) is 8.93. The number of hydrazone groups is 1. The number of pyridine rings is 1. The number of carbonyl (C=O) groups is 1. The van der Waals surface area contributed by atoms with Crippen LogP contribution < -0.4 is 5.43 Å². The van der Waals surface area contributed by atoms with E-state index >= 15 is 0 Å². The lowest BCUT2D eigenvalue weighted by molar-refractivity contribution is 0.0950. The van der Waals surface area contributed by atoms with Crippen molar-refractivity contribution in [3.63, 3.8) is 0 Å². The molecule has 1 heterocycles. The smallest absolute Gasteiger partial charge is 0.289 e. The highest BCUT2D eigenvalue weighted by Gasteiger charge is 2.26. The normalized spacial score (nSPS) is 12.4. The van der Waals surface area contributed by atoms with Gasteiger partial charge in [-0.15, -0.1) is 0 Å². The molecule has 0 aliphatic heterocycles. The first kappa shape index (κ1) is 19.6. The predicted octanol–water partition coefficient (Wildman–Crippen LogP) is 4.15. The molecule has 1 aromatic heterocycles. The van der Waals surface area contributed by atoms with Crippen LogP contribution in [0.15, 0.2) is 41.6 Å². The van der Waals surface area contributed by atoms with Gasteiger partial charge in [-0.05, 0) is 40.7 Å². The Balaban J connectivity index is 2.33. The monoisotopic (exact) mass is 353 g/mol. The van der Waals surface area contributed by atoms with Crippen molar-refractivity contribution in [2.75, 3.05) is 0 Å². The standard InChI is InChI=1S/C21H27N3O2/c1-20(2,3)15-11-14(12-16(18(15)25)21(4,5)6)13-23-24-19(26)17-9-7-8-10-22-17/h7-13,25H,1-6H3,(H,24,26)/b23-13-. The summed E-state index contributed by atoms with van der Waals surface area (Å²) in [5, 5.41) is 14.8. The highest BCUT2D eigenvalue weighted by atomic mass is 16.3. The summed E-state index contributed by atoms with van der Waals surface area (Å²) in [5.74, 6) is -0.0487. The summed E-state index contributed by atoms with van der Waals surface area (Å²) in [5.41, 5.74) is 4.87. The molecular formula is C21H27N3O2. The molecule has 138 valence electrons. The first-order valence-electron chi connectivity index (χ1n) is 8.62. The Bertz CT molecular complexity index is 778. The molecule has 2 N–H and O–H groups in total. The fourth-order valence-corrected chi connectivity index (χ4v) is 2.59. The second kappa shape index (κ2) is 7.28. The molecule has 2 aromatic rings. The Morgan fingerprint density at radius 2 is 1.65 bits per heavy atom. The number of hydrogen-bond donors (Lipinski definition) is 2. The minimum absolute atomic E-state index is 0.217. The zero-order chi connectivity index (χ0) is 19.5. The summed E-state index contributed by atoms with van der Waals surface area (Å²) in [7, 11) is 0. The van der Waals surface area contributed by atoms with Gasteiger partial charge in [-0.2, -0.15) is 5.10 Å². The van der Waals surface area contributed by atoms with Crippen LogP contribution in [0.5, 0.6) is 5.75 Å². The van der Waals surface area contributed by atoms with Crippen LogP contribution in [0.2, 0.25) is 0 Å². The van der Waals surface area contributed by atoms with E-state index in [4.69, 9.17) is 0 Å². The van der Waals surface area contributed by atoms with Crippen LogP contribution >= 0.6 is 0 Å². The van der Waals surface area contributed by atoms with E-state index in [2.05, 4.69) is 57.1 Å². The molecule has 2 rings (SSSR count). The quantitative estimate of drug-likeness (QED) is 0.643. The Hall–Kier alpha value is -2.69. The number of rotatable bonds is 3. The molecule has 0 saturated heterocycles. The molecule has 0 radical (unpaired) electrons. The third-order valence-corrected chi connectivity index (χ3v) is 4.03. The number of aromatic nitrogens is 1. The van der Waals surface area contributed by atoms with Crippen LogP contribution in [0.1, 0.15) is 68.7 Å². The van der Waals surface area contributed by atoms with Crippen LogP contribution in [-0.2, 0) is 10.8 Å². The number of nitrogens with one attached hydrogen (secondary N) is 1. The van der Waals surface area contributed by atoms with Gasteiger partial charge in [-0.25, -0.2) is 5.43 Å². The molecule has 0 aliphatic rings. The summed E-state index contributed by atoms with van der Waals surface area (Å²) in [6.07, 6.45) is 3.15. The van der Waals surface area contributed by atoms with Gasteiger partial charge in [0.25, 0.3) is 5.91 Å². The number of nitrogens with zero attached hydrogens (tertiary/aromatic N) is 2. The Morgan fingerprint density at radius 3 is 2.12 bits per heavy atom. The molecule has 0 spiro atoms. The molecule has 5 nitrogen and oxygen atoms in total. The van der Waals surface area contributed by atoms with Crippen molar-refractivity contribution >= 4 is 12.1 Å². The molecule has 1 amide bonds. The van der Waals surface area contributed by atoms with Crippen molar-refractivity contribution in [1.29, 1.82) is 0 Å². The van der Waals surface area contributed by atoms with Gasteiger partial charge >= 0.3 is 0 Å². The number of benzene rings is 1. The number of aromatic hydroxyl groups is 1. The topological polar surface area (TPSA) is 74.6 Å². The maximum absolute atomic E-state index is 12.0. The molecule has 0 unspecified atom stereocenters. The van der Waals surface area contributed by atoms with Crippen LogP contribution in [0.4, 0.5) is 0 Å². The first-order chi connectivity index (χ1) is 12.0. The van der Waals surface area contributed by atoms with Crippen molar-refractivity contribution < 1.29 is 9.90 Å². The second-order valence-electron chi connectivity index (χ2n) is 8.38. The van der Waals surface area contributed by atoms with Gasteiger partial charge in [0.1, 0.15) is 11.4 Å². The molecule has 0 saturated carbocycles. The van der Waals surface area contributed by atoms with E-state index < -0.39 is 0 Å². The van der Waals surface area contributed by atoms with Gasteiger partial charge in [0.2, 0.25) is 0 Å². The minimum Gasteiger partial charge on any atom is -0.507 e. The summed E-state index contributed by atoms with van der Waals surface area (Å²) < 4.78 is 0. The van der Waals surface area contributed by atoms with Gasteiger partial charge in [0.15, 0.2) is 0 Å². The highest BCUT2D eigenvalue weighted by Crippen LogP contribution is 2.39. The number of amides is 1. The van der Waals surface area contributed by atoms with Crippen molar-refractivity contribution in [3.8, 4) is 5.75 Å². The van der Waals surface area contributed by atoms with Crippen LogP contribution in [0.3, 0.4) is 0 Å². The molecule has 1 aromatic carbocycles. The number of phenols is 1. The van der Waals surface area contributed by atoms with Gasteiger partial charge in [-0.3, -0.25) is 9.78 Å². The Kier molecular flexibility index (Phi) is 5.50. The maximum atomic E-state index is 12.0. The largest absolute Gasteiger partial charge is 0.507 e. The molecule has 26 heavy (non-hydrogen) atoms. The van der Waals surface area contributed by atoms with Crippen LogP contribution in [-0.4, -0.2) is 22.2 Å². The van der Waals surface area contributed by atoms with Crippen molar-refractivity contribution in [1.82, 2.24) is 10.4 Å². The maximum Gasteiger partial charge on any atom is 0.289 e. The molecule has 0 bridgehead atoms. The van der Waals surface area contributed by atoms with E-state index in [-0.39, 0.29) is 16.7 Å². The van der Waals surface area contributed by atoms with Gasteiger partial charge in [0.05, 0.1) is 6.21 Å².